The van der Waals surface area contributed by atoms with Gasteiger partial charge in [-0.1, -0.05) is 28.1 Å². The van der Waals surface area contributed by atoms with Crippen LogP contribution in [0.2, 0.25) is 0 Å². The number of nitrogens with one attached hydrogen (secondary N) is 2. The SMILES string of the molecule is CN(C=N)C(=N)C(O)c1cccc(Br)c1. The molecule has 1 atom stereocenters. The highest BCUT2D eigenvalue weighted by molar-refractivity contribution is 9.10. The first kappa shape index (κ1) is 11.9. The maximum Gasteiger partial charge on any atom is 0.136 e. The van der Waals surface area contributed by atoms with Crippen LogP contribution in [0, 0.1) is 10.8 Å². The highest BCUT2D eigenvalue weighted by Gasteiger charge is 2.16. The van der Waals surface area contributed by atoms with E-state index in [0.29, 0.717) is 5.56 Å². The van der Waals surface area contributed by atoms with Crippen LogP contribution in [0.15, 0.2) is 28.7 Å². The first-order valence-corrected chi connectivity index (χ1v) is 5.11. The summed E-state index contributed by atoms with van der Waals surface area (Å²) in [6.45, 7) is 0. The molecule has 0 fully saturated rings. The van der Waals surface area contributed by atoms with Gasteiger partial charge < -0.3 is 10.0 Å². The first-order chi connectivity index (χ1) is 7.06. The summed E-state index contributed by atoms with van der Waals surface area (Å²) in [6.07, 6.45) is -0.0158. The normalized spacial score (nSPS) is 11.9. The molecule has 0 saturated carbocycles. The molecule has 4 nitrogen and oxygen atoms in total. The summed E-state index contributed by atoms with van der Waals surface area (Å²) in [4.78, 5) is 1.26. The zero-order chi connectivity index (χ0) is 11.4. The molecule has 0 heterocycles. The van der Waals surface area contributed by atoms with Gasteiger partial charge in [0.2, 0.25) is 0 Å². The molecule has 0 spiro atoms. The first-order valence-electron chi connectivity index (χ1n) is 4.31. The number of aliphatic hydroxyl groups is 1. The maximum atomic E-state index is 9.82. The van der Waals surface area contributed by atoms with E-state index in [0.717, 1.165) is 10.8 Å². The predicted molar refractivity (Wildman–Crippen MR) is 63.4 cm³/mol. The van der Waals surface area contributed by atoms with E-state index in [1.165, 1.54) is 4.90 Å². The molecule has 15 heavy (non-hydrogen) atoms. The summed E-state index contributed by atoms with van der Waals surface area (Å²) in [5, 5.41) is 24.4. The Balaban J connectivity index is 2.89. The van der Waals surface area contributed by atoms with E-state index in [-0.39, 0.29) is 5.84 Å². The number of halogens is 1. The summed E-state index contributed by atoms with van der Waals surface area (Å²) in [5.74, 6) is -0.0249. The fraction of sp³-hybridized carbons (Fsp3) is 0.200. The van der Waals surface area contributed by atoms with E-state index in [9.17, 15) is 5.11 Å². The lowest BCUT2D eigenvalue weighted by Gasteiger charge is -2.19. The molecule has 0 aliphatic carbocycles. The smallest absolute Gasteiger partial charge is 0.136 e. The van der Waals surface area contributed by atoms with Gasteiger partial charge in [0.1, 0.15) is 11.9 Å². The van der Waals surface area contributed by atoms with Gasteiger partial charge in [-0.05, 0) is 17.7 Å². The Morgan fingerprint density at radius 2 is 2.27 bits per heavy atom. The second kappa shape index (κ2) is 5.04. The highest BCUT2D eigenvalue weighted by Crippen LogP contribution is 2.19. The van der Waals surface area contributed by atoms with Gasteiger partial charge in [0.05, 0.1) is 6.34 Å². The van der Waals surface area contributed by atoms with Crippen molar-refractivity contribution < 1.29 is 5.11 Å². The molecule has 0 aliphatic rings. The number of hydrogen-bond donors (Lipinski definition) is 3. The number of amidine groups is 1. The summed E-state index contributed by atoms with van der Waals surface area (Å²) >= 11 is 3.29. The Morgan fingerprint density at radius 3 is 2.80 bits per heavy atom. The predicted octanol–water partition coefficient (Wildman–Crippen LogP) is 2.00. The zero-order valence-corrected chi connectivity index (χ0v) is 9.82. The van der Waals surface area contributed by atoms with Crippen molar-refractivity contribution in [2.45, 2.75) is 6.10 Å². The molecule has 80 valence electrons. The monoisotopic (exact) mass is 269 g/mol. The quantitative estimate of drug-likeness (QED) is 0.580. The van der Waals surface area contributed by atoms with E-state index in [1.807, 2.05) is 6.07 Å². The number of rotatable bonds is 3. The minimum absolute atomic E-state index is 0.0249. The molecule has 0 aromatic heterocycles. The summed E-state index contributed by atoms with van der Waals surface area (Å²) in [6, 6.07) is 7.12. The van der Waals surface area contributed by atoms with Crippen molar-refractivity contribution in [1.82, 2.24) is 4.90 Å². The Morgan fingerprint density at radius 1 is 1.60 bits per heavy atom. The Bertz CT molecular complexity index is 381. The lowest BCUT2D eigenvalue weighted by Crippen LogP contribution is -2.29. The molecule has 1 rings (SSSR count). The molecular formula is C10H12BrN3O. The summed E-state index contributed by atoms with van der Waals surface area (Å²) < 4.78 is 0.851. The minimum atomic E-state index is -1.01. The Kier molecular flexibility index (Phi) is 3.99. The third-order valence-corrected chi connectivity index (χ3v) is 2.49. The molecular weight excluding hydrogens is 258 g/mol. The van der Waals surface area contributed by atoms with Crippen molar-refractivity contribution >= 4 is 28.1 Å². The van der Waals surface area contributed by atoms with E-state index in [4.69, 9.17) is 10.8 Å². The summed E-state index contributed by atoms with van der Waals surface area (Å²) in [5.41, 5.74) is 0.628. The van der Waals surface area contributed by atoms with Crippen LogP contribution in [-0.2, 0) is 0 Å². The van der Waals surface area contributed by atoms with Gasteiger partial charge in [-0.25, -0.2) is 0 Å². The molecule has 5 heteroatoms. The van der Waals surface area contributed by atoms with Gasteiger partial charge >= 0.3 is 0 Å². The van der Waals surface area contributed by atoms with Crippen molar-refractivity contribution in [2.24, 2.45) is 0 Å². The Labute approximate surface area is 96.7 Å². The number of hydrogen-bond acceptors (Lipinski definition) is 3. The van der Waals surface area contributed by atoms with Crippen molar-refractivity contribution in [3.63, 3.8) is 0 Å². The fourth-order valence-corrected chi connectivity index (χ4v) is 1.51. The van der Waals surface area contributed by atoms with Gasteiger partial charge in [0, 0.05) is 11.5 Å². The average molecular weight is 270 g/mol. The third kappa shape index (κ3) is 2.87. The topological polar surface area (TPSA) is 71.2 Å². The van der Waals surface area contributed by atoms with Crippen LogP contribution >= 0.6 is 15.9 Å². The van der Waals surface area contributed by atoms with Gasteiger partial charge in [0.15, 0.2) is 0 Å². The van der Waals surface area contributed by atoms with E-state index >= 15 is 0 Å². The fourth-order valence-electron chi connectivity index (χ4n) is 1.10. The van der Waals surface area contributed by atoms with Crippen LogP contribution in [0.4, 0.5) is 0 Å². The van der Waals surface area contributed by atoms with Gasteiger partial charge in [-0.3, -0.25) is 10.8 Å². The molecule has 3 N–H and O–H groups in total. The largest absolute Gasteiger partial charge is 0.380 e. The van der Waals surface area contributed by atoms with Crippen LogP contribution in [0.1, 0.15) is 11.7 Å². The molecule has 0 radical (unpaired) electrons. The maximum absolute atomic E-state index is 9.82. The number of likely N-dealkylation sites (N-methyl/N-ethyl adjacent to an activating group) is 1. The molecule has 0 bridgehead atoms. The highest BCUT2D eigenvalue weighted by atomic mass is 79.9. The van der Waals surface area contributed by atoms with Gasteiger partial charge in [0.25, 0.3) is 0 Å². The number of aliphatic hydroxyl groups excluding tert-OH is 1. The lowest BCUT2D eigenvalue weighted by atomic mass is 10.1. The molecule has 0 amide bonds. The van der Waals surface area contributed by atoms with Crippen LogP contribution in [0.3, 0.4) is 0 Å². The minimum Gasteiger partial charge on any atom is -0.380 e. The summed E-state index contributed by atoms with van der Waals surface area (Å²) in [7, 11) is 1.55. The molecule has 1 aromatic rings. The molecule has 1 aromatic carbocycles. The van der Waals surface area contributed by atoms with Gasteiger partial charge in [-0.2, -0.15) is 0 Å². The van der Waals surface area contributed by atoms with E-state index in [2.05, 4.69) is 15.9 Å². The van der Waals surface area contributed by atoms with Crippen LogP contribution in [0.5, 0.6) is 0 Å². The molecule has 0 saturated heterocycles. The van der Waals surface area contributed by atoms with Crippen molar-refractivity contribution in [3.05, 3.63) is 34.3 Å². The van der Waals surface area contributed by atoms with Crippen LogP contribution in [0.25, 0.3) is 0 Å². The third-order valence-electron chi connectivity index (χ3n) is 2.00. The second-order valence-corrected chi connectivity index (χ2v) is 4.00. The second-order valence-electron chi connectivity index (χ2n) is 3.08. The Hall–Kier alpha value is -1.20. The van der Waals surface area contributed by atoms with Gasteiger partial charge in [-0.15, -0.1) is 0 Å². The van der Waals surface area contributed by atoms with Crippen LogP contribution in [-0.4, -0.2) is 29.2 Å². The lowest BCUT2D eigenvalue weighted by molar-refractivity contribution is 0.236. The van der Waals surface area contributed by atoms with Crippen molar-refractivity contribution in [2.75, 3.05) is 7.05 Å². The van der Waals surface area contributed by atoms with Crippen molar-refractivity contribution in [3.8, 4) is 0 Å². The van der Waals surface area contributed by atoms with E-state index < -0.39 is 6.10 Å². The van der Waals surface area contributed by atoms with Crippen LogP contribution < -0.4 is 0 Å². The standard InChI is InChI=1S/C10H12BrN3O/c1-14(6-12)10(13)9(15)7-3-2-4-8(11)5-7/h2-6,9,12-13,15H,1H3. The molecule has 0 aliphatic heterocycles. The number of nitrogens with zero attached hydrogens (tertiary/aromatic N) is 1. The molecule has 1 unspecified atom stereocenters. The number of benzene rings is 1. The van der Waals surface area contributed by atoms with E-state index in [1.54, 1.807) is 25.2 Å². The average Bonchev–Trinajstić information content (AvgIpc) is 2.26. The zero-order valence-electron chi connectivity index (χ0n) is 8.24. The van der Waals surface area contributed by atoms with Crippen molar-refractivity contribution in [1.29, 1.82) is 10.8 Å².